The molecular weight excluding hydrogens is 501 g/mol. The van der Waals surface area contributed by atoms with Crippen LogP contribution in [0.3, 0.4) is 0 Å². The van der Waals surface area contributed by atoms with Gasteiger partial charge in [-0.25, -0.2) is 9.18 Å². The first-order valence-corrected chi connectivity index (χ1v) is 13.5. The van der Waals surface area contributed by atoms with Gasteiger partial charge in [-0.1, -0.05) is 44.0 Å². The van der Waals surface area contributed by atoms with Crippen LogP contribution in [-0.4, -0.2) is 34.0 Å². The minimum atomic E-state index is -1.11. The number of carboxylic acid groups (broad SMARTS) is 1. The number of carbonyl (C=O) groups excluding carboxylic acids is 2. The molecule has 0 bridgehead atoms. The second-order valence-corrected chi connectivity index (χ2v) is 10.4. The average Bonchev–Trinajstić information content (AvgIpc) is 3.55. The Bertz CT molecular complexity index is 1070. The third-order valence-corrected chi connectivity index (χ3v) is 7.29. The summed E-state index contributed by atoms with van der Waals surface area (Å²) in [5.41, 5.74) is 0.461. The van der Waals surface area contributed by atoms with Gasteiger partial charge in [0.15, 0.2) is 0 Å². The Hall–Kier alpha value is -3.24. The van der Waals surface area contributed by atoms with Gasteiger partial charge >= 0.3 is 12.0 Å². The van der Waals surface area contributed by atoms with E-state index in [1.54, 1.807) is 27.6 Å². The van der Waals surface area contributed by atoms with Crippen molar-refractivity contribution in [2.24, 2.45) is 0 Å². The van der Waals surface area contributed by atoms with E-state index in [-0.39, 0.29) is 12.3 Å². The van der Waals surface area contributed by atoms with Crippen molar-refractivity contribution in [1.82, 2.24) is 15.5 Å². The molecule has 0 fully saturated rings. The summed E-state index contributed by atoms with van der Waals surface area (Å²) in [7, 11) is 0. The van der Waals surface area contributed by atoms with Crippen LogP contribution in [0, 0.1) is 5.82 Å². The number of aliphatic carboxylic acids is 1. The highest BCUT2D eigenvalue weighted by Gasteiger charge is 2.28. The molecule has 0 saturated carbocycles. The Morgan fingerprint density at radius 2 is 1.58 bits per heavy atom. The van der Waals surface area contributed by atoms with E-state index in [2.05, 4.69) is 10.6 Å². The third-order valence-electron chi connectivity index (χ3n) is 5.57. The highest BCUT2D eigenvalue weighted by molar-refractivity contribution is 7.10. The summed E-state index contributed by atoms with van der Waals surface area (Å²) in [4.78, 5) is 41.8. The van der Waals surface area contributed by atoms with E-state index in [1.165, 1.54) is 24.3 Å². The standard InChI is InChI=1S/C26H30FN3O4S2/c1-2-3-8-22(25(33)30(16-20-6-4-13-35-20)17-21-7-5-14-36-21)28-26(34)29-23(15-24(31)32)18-9-11-19(27)12-10-18/h4-7,9-14,22-23H,2-3,8,15-17H2,1H3,(H,31,32)(H2,28,29,34)/t22-,23-/m0/s1. The van der Waals surface area contributed by atoms with Crippen molar-refractivity contribution < 1.29 is 23.9 Å². The molecule has 3 rings (SSSR count). The zero-order chi connectivity index (χ0) is 25.9. The summed E-state index contributed by atoms with van der Waals surface area (Å²) in [6, 6.07) is 10.8. The van der Waals surface area contributed by atoms with Gasteiger partial charge in [0, 0.05) is 9.75 Å². The number of thiophene rings is 2. The number of halogens is 1. The molecule has 3 amide bonds. The Balaban J connectivity index is 1.76. The first kappa shape index (κ1) is 27.3. The van der Waals surface area contributed by atoms with E-state index in [0.29, 0.717) is 25.1 Å². The highest BCUT2D eigenvalue weighted by Crippen LogP contribution is 2.20. The average molecular weight is 532 g/mol. The van der Waals surface area contributed by atoms with Gasteiger partial charge in [0.05, 0.1) is 25.6 Å². The van der Waals surface area contributed by atoms with Crippen LogP contribution >= 0.6 is 22.7 Å². The maximum atomic E-state index is 13.7. The summed E-state index contributed by atoms with van der Waals surface area (Å²) in [6.07, 6.45) is 1.66. The lowest BCUT2D eigenvalue weighted by Crippen LogP contribution is -2.51. The molecule has 7 nitrogen and oxygen atoms in total. The molecule has 3 aromatic rings. The minimum Gasteiger partial charge on any atom is -0.481 e. The molecule has 36 heavy (non-hydrogen) atoms. The number of nitrogens with zero attached hydrogens (tertiary/aromatic N) is 1. The van der Waals surface area contributed by atoms with Gasteiger partial charge in [0.25, 0.3) is 0 Å². The van der Waals surface area contributed by atoms with Crippen molar-refractivity contribution in [3.63, 3.8) is 0 Å². The molecule has 0 aliphatic carbocycles. The number of hydrogen-bond acceptors (Lipinski definition) is 5. The molecule has 2 atom stereocenters. The van der Waals surface area contributed by atoms with Gasteiger partial charge in [0.1, 0.15) is 11.9 Å². The number of carboxylic acids is 1. The zero-order valence-electron chi connectivity index (χ0n) is 20.0. The van der Waals surface area contributed by atoms with E-state index in [1.807, 2.05) is 41.9 Å². The van der Waals surface area contributed by atoms with Gasteiger partial charge in [-0.15, -0.1) is 22.7 Å². The largest absolute Gasteiger partial charge is 0.481 e. The van der Waals surface area contributed by atoms with Crippen LogP contribution in [-0.2, 0) is 22.7 Å². The molecule has 0 spiro atoms. The van der Waals surface area contributed by atoms with Crippen LogP contribution < -0.4 is 10.6 Å². The van der Waals surface area contributed by atoms with Crippen molar-refractivity contribution in [3.05, 3.63) is 80.4 Å². The number of amides is 3. The van der Waals surface area contributed by atoms with Gasteiger partial charge in [-0.05, 0) is 47.0 Å². The van der Waals surface area contributed by atoms with Crippen molar-refractivity contribution in [2.75, 3.05) is 0 Å². The number of urea groups is 1. The first-order valence-electron chi connectivity index (χ1n) is 11.7. The Morgan fingerprint density at radius 1 is 0.972 bits per heavy atom. The summed E-state index contributed by atoms with van der Waals surface area (Å²) in [6.45, 7) is 2.86. The van der Waals surface area contributed by atoms with E-state index in [9.17, 15) is 23.9 Å². The fourth-order valence-electron chi connectivity index (χ4n) is 3.76. The number of nitrogens with one attached hydrogen (secondary N) is 2. The normalized spacial score (nSPS) is 12.5. The molecule has 0 unspecified atom stereocenters. The molecule has 0 saturated heterocycles. The zero-order valence-corrected chi connectivity index (χ0v) is 21.6. The molecule has 3 N–H and O–H groups in total. The fourth-order valence-corrected chi connectivity index (χ4v) is 5.20. The molecule has 0 aliphatic heterocycles. The van der Waals surface area contributed by atoms with E-state index >= 15 is 0 Å². The molecule has 10 heteroatoms. The minimum absolute atomic E-state index is 0.197. The van der Waals surface area contributed by atoms with Gasteiger partial charge in [-0.3, -0.25) is 9.59 Å². The number of unbranched alkanes of at least 4 members (excludes halogenated alkanes) is 1. The molecule has 1 aromatic carbocycles. The second kappa shape index (κ2) is 13.7. The topological polar surface area (TPSA) is 98.7 Å². The maximum Gasteiger partial charge on any atom is 0.315 e. The van der Waals surface area contributed by atoms with Gasteiger partial charge in [-0.2, -0.15) is 0 Å². The SMILES string of the molecule is CCCC[C@H](NC(=O)N[C@@H](CC(=O)O)c1ccc(F)cc1)C(=O)N(Cc1cccs1)Cc1cccs1. The summed E-state index contributed by atoms with van der Waals surface area (Å²) < 4.78 is 13.3. The Labute approximate surface area is 218 Å². The predicted octanol–water partition coefficient (Wildman–Crippen LogP) is 5.55. The Kier molecular flexibility index (Phi) is 10.4. The predicted molar refractivity (Wildman–Crippen MR) is 139 cm³/mol. The lowest BCUT2D eigenvalue weighted by atomic mass is 10.0. The third kappa shape index (κ3) is 8.46. The lowest BCUT2D eigenvalue weighted by Gasteiger charge is -2.28. The smallest absolute Gasteiger partial charge is 0.315 e. The molecule has 192 valence electrons. The van der Waals surface area contributed by atoms with E-state index < -0.39 is 29.9 Å². The Morgan fingerprint density at radius 3 is 2.08 bits per heavy atom. The van der Waals surface area contributed by atoms with Crippen LogP contribution in [0.4, 0.5) is 9.18 Å². The van der Waals surface area contributed by atoms with Crippen LogP contribution in [0.1, 0.15) is 54.0 Å². The second-order valence-electron chi connectivity index (χ2n) is 8.37. The molecular formula is C26H30FN3O4S2. The van der Waals surface area contributed by atoms with Crippen molar-refractivity contribution in [3.8, 4) is 0 Å². The maximum absolute atomic E-state index is 13.7. The van der Waals surface area contributed by atoms with Gasteiger partial charge in [0.2, 0.25) is 5.91 Å². The van der Waals surface area contributed by atoms with E-state index in [4.69, 9.17) is 0 Å². The molecule has 0 aliphatic rings. The number of rotatable bonds is 13. The van der Waals surface area contributed by atoms with E-state index in [0.717, 1.165) is 22.6 Å². The summed E-state index contributed by atoms with van der Waals surface area (Å²) >= 11 is 3.13. The monoisotopic (exact) mass is 531 g/mol. The van der Waals surface area contributed by atoms with Crippen LogP contribution in [0.2, 0.25) is 0 Å². The van der Waals surface area contributed by atoms with Crippen molar-refractivity contribution in [2.45, 2.75) is 57.8 Å². The van der Waals surface area contributed by atoms with Crippen molar-refractivity contribution in [1.29, 1.82) is 0 Å². The molecule has 2 heterocycles. The fraction of sp³-hybridized carbons (Fsp3) is 0.346. The van der Waals surface area contributed by atoms with Gasteiger partial charge < -0.3 is 20.6 Å². The van der Waals surface area contributed by atoms with Crippen LogP contribution in [0.25, 0.3) is 0 Å². The summed E-state index contributed by atoms with van der Waals surface area (Å²) in [5.74, 6) is -1.77. The van der Waals surface area contributed by atoms with Crippen molar-refractivity contribution >= 4 is 40.6 Å². The first-order chi connectivity index (χ1) is 17.4. The highest BCUT2D eigenvalue weighted by atomic mass is 32.1. The number of benzene rings is 1. The molecule has 0 radical (unpaired) electrons. The number of hydrogen-bond donors (Lipinski definition) is 3. The molecule has 2 aromatic heterocycles. The van der Waals surface area contributed by atoms with Crippen LogP contribution in [0.15, 0.2) is 59.3 Å². The lowest BCUT2D eigenvalue weighted by molar-refractivity contribution is -0.137. The quantitative estimate of drug-likeness (QED) is 0.269. The van der Waals surface area contributed by atoms with Crippen LogP contribution in [0.5, 0.6) is 0 Å². The summed E-state index contributed by atoms with van der Waals surface area (Å²) in [5, 5.41) is 18.7. The number of carbonyl (C=O) groups is 3.